The maximum absolute atomic E-state index is 9.55. The first-order valence-electron chi connectivity index (χ1n) is 6.32. The predicted molar refractivity (Wildman–Crippen MR) is 83.2 cm³/mol. The highest BCUT2D eigenvalue weighted by atomic mass is 16.4. The fraction of sp³-hybridized carbons (Fsp3) is 0.0625. The van der Waals surface area contributed by atoms with Gasteiger partial charge in [-0.05, 0) is 24.6 Å². The predicted octanol–water partition coefficient (Wildman–Crippen LogP) is 2.35. The summed E-state index contributed by atoms with van der Waals surface area (Å²) in [6.45, 7) is 2.04. The summed E-state index contributed by atoms with van der Waals surface area (Å²) in [5.41, 5.74) is 9.77. The lowest BCUT2D eigenvalue weighted by Crippen LogP contribution is -1.93. The first kappa shape index (κ1) is 16.9. The summed E-state index contributed by atoms with van der Waals surface area (Å²) in [6, 6.07) is 11.7. The zero-order chi connectivity index (χ0) is 16.5. The number of aryl methyl sites for hydroxylation is 1. The summed E-state index contributed by atoms with van der Waals surface area (Å²) in [5, 5.41) is 15.6. The summed E-state index contributed by atoms with van der Waals surface area (Å²) < 4.78 is 0. The number of benzene rings is 1. The van der Waals surface area contributed by atoms with Crippen molar-refractivity contribution >= 4 is 17.6 Å². The Morgan fingerprint density at radius 1 is 1.05 bits per heavy atom. The summed E-state index contributed by atoms with van der Waals surface area (Å²) >= 11 is 0. The first-order valence-corrected chi connectivity index (χ1v) is 6.32. The molecule has 6 nitrogen and oxygen atoms in total. The molecule has 0 saturated heterocycles. The summed E-state index contributed by atoms with van der Waals surface area (Å²) in [4.78, 5) is 23.4. The zero-order valence-corrected chi connectivity index (χ0v) is 11.9. The van der Waals surface area contributed by atoms with Gasteiger partial charge >= 0.3 is 11.9 Å². The van der Waals surface area contributed by atoms with Crippen molar-refractivity contribution in [2.24, 2.45) is 0 Å². The third-order valence-corrected chi connectivity index (χ3v) is 2.59. The molecule has 1 aromatic heterocycles. The molecule has 0 fully saturated rings. The van der Waals surface area contributed by atoms with Crippen LogP contribution >= 0.6 is 0 Å². The normalized spacial score (nSPS) is 9.86. The van der Waals surface area contributed by atoms with Crippen molar-refractivity contribution < 1.29 is 19.8 Å². The average molecular weight is 300 g/mol. The van der Waals surface area contributed by atoms with Crippen molar-refractivity contribution in [2.45, 2.75) is 6.92 Å². The summed E-state index contributed by atoms with van der Waals surface area (Å²) in [5.74, 6) is -2.51. The number of nitrogens with two attached hydrogens (primary N) is 1. The lowest BCUT2D eigenvalue weighted by atomic mass is 10.1. The van der Waals surface area contributed by atoms with Crippen molar-refractivity contribution in [1.82, 2.24) is 4.98 Å². The van der Waals surface area contributed by atoms with E-state index in [0.717, 1.165) is 22.5 Å². The fourth-order valence-electron chi connectivity index (χ4n) is 1.62. The minimum atomic E-state index is -1.26. The third-order valence-electron chi connectivity index (χ3n) is 2.59. The molecule has 0 spiro atoms. The Balaban J connectivity index is 0.000000261. The van der Waals surface area contributed by atoms with E-state index in [2.05, 4.69) is 4.98 Å². The van der Waals surface area contributed by atoms with Crippen molar-refractivity contribution in [2.75, 3.05) is 5.73 Å². The van der Waals surface area contributed by atoms with Crippen LogP contribution in [0.2, 0.25) is 0 Å². The molecule has 1 heterocycles. The minimum absolute atomic E-state index is 0.558. The number of hydrogen-bond acceptors (Lipinski definition) is 4. The van der Waals surface area contributed by atoms with Crippen LogP contribution in [0.15, 0.2) is 54.7 Å². The van der Waals surface area contributed by atoms with Crippen molar-refractivity contribution in [1.29, 1.82) is 0 Å². The van der Waals surface area contributed by atoms with Gasteiger partial charge in [0.2, 0.25) is 0 Å². The number of rotatable bonds is 3. The highest BCUT2D eigenvalue weighted by Crippen LogP contribution is 2.25. The van der Waals surface area contributed by atoms with Crippen molar-refractivity contribution in [3.05, 3.63) is 60.3 Å². The van der Waals surface area contributed by atoms with Gasteiger partial charge in [0.15, 0.2) is 0 Å². The van der Waals surface area contributed by atoms with E-state index in [-0.39, 0.29) is 0 Å². The van der Waals surface area contributed by atoms with Crippen LogP contribution in [0.3, 0.4) is 0 Å². The van der Waals surface area contributed by atoms with E-state index in [1.165, 1.54) is 0 Å². The molecule has 0 atom stereocenters. The maximum atomic E-state index is 9.55. The summed E-state index contributed by atoms with van der Waals surface area (Å²) in [7, 11) is 0. The molecule has 0 aliphatic heterocycles. The van der Waals surface area contributed by atoms with Gasteiger partial charge in [0, 0.05) is 29.6 Å². The molecular weight excluding hydrogens is 284 g/mol. The van der Waals surface area contributed by atoms with Gasteiger partial charge in [0.1, 0.15) is 0 Å². The van der Waals surface area contributed by atoms with Crippen molar-refractivity contribution in [3.63, 3.8) is 0 Å². The van der Waals surface area contributed by atoms with E-state index in [9.17, 15) is 9.59 Å². The van der Waals surface area contributed by atoms with E-state index in [1.54, 1.807) is 6.20 Å². The topological polar surface area (TPSA) is 114 Å². The Morgan fingerprint density at radius 2 is 1.64 bits per heavy atom. The number of nitrogen functional groups attached to an aromatic ring is 1. The number of carboxylic acid groups (broad SMARTS) is 2. The quantitative estimate of drug-likeness (QED) is 0.592. The zero-order valence-electron chi connectivity index (χ0n) is 11.9. The molecule has 1 aromatic carbocycles. The molecule has 22 heavy (non-hydrogen) atoms. The number of carboxylic acids is 2. The van der Waals surface area contributed by atoms with Crippen LogP contribution in [0.1, 0.15) is 5.56 Å². The highest BCUT2D eigenvalue weighted by molar-refractivity contribution is 5.89. The van der Waals surface area contributed by atoms with Crippen LogP contribution in [0, 0.1) is 6.92 Å². The van der Waals surface area contributed by atoms with Crippen LogP contribution in [0.4, 0.5) is 5.69 Å². The summed E-state index contributed by atoms with van der Waals surface area (Å²) in [6.07, 6.45) is 2.90. The van der Waals surface area contributed by atoms with Crippen LogP contribution in [-0.4, -0.2) is 27.1 Å². The molecule has 0 bridgehead atoms. The van der Waals surface area contributed by atoms with Gasteiger partial charge in [-0.15, -0.1) is 0 Å². The number of anilines is 1. The van der Waals surface area contributed by atoms with E-state index in [4.69, 9.17) is 15.9 Å². The standard InChI is InChI=1S/C12H12N2.C4H4O4/c1-9-5-4-8-14-12(9)10-6-2-3-7-11(10)13;5-3(6)1-2-4(7)8/h2-8H,13H2,1H3;1-2H,(H,5,6)(H,7,8). The Labute approximate surface area is 127 Å². The van der Waals surface area contributed by atoms with Gasteiger partial charge in [-0.3, -0.25) is 4.98 Å². The van der Waals surface area contributed by atoms with E-state index in [0.29, 0.717) is 12.2 Å². The van der Waals surface area contributed by atoms with E-state index >= 15 is 0 Å². The molecule has 0 saturated carbocycles. The van der Waals surface area contributed by atoms with E-state index < -0.39 is 11.9 Å². The molecule has 0 aliphatic rings. The van der Waals surface area contributed by atoms with Gasteiger partial charge < -0.3 is 15.9 Å². The lowest BCUT2D eigenvalue weighted by molar-refractivity contribution is -0.134. The van der Waals surface area contributed by atoms with Gasteiger partial charge in [-0.1, -0.05) is 24.3 Å². The molecule has 0 aliphatic carbocycles. The van der Waals surface area contributed by atoms with Gasteiger partial charge in [-0.25, -0.2) is 9.59 Å². The molecule has 6 heteroatoms. The van der Waals surface area contributed by atoms with Gasteiger partial charge in [0.05, 0.1) is 5.69 Å². The largest absolute Gasteiger partial charge is 0.478 e. The van der Waals surface area contributed by atoms with Crippen LogP contribution in [0.5, 0.6) is 0 Å². The van der Waals surface area contributed by atoms with Crippen LogP contribution < -0.4 is 5.73 Å². The van der Waals surface area contributed by atoms with Gasteiger partial charge in [0.25, 0.3) is 0 Å². The molecule has 0 amide bonds. The molecule has 0 radical (unpaired) electrons. The number of pyridine rings is 1. The lowest BCUT2D eigenvalue weighted by Gasteiger charge is -2.06. The van der Waals surface area contributed by atoms with Crippen LogP contribution in [-0.2, 0) is 9.59 Å². The number of para-hydroxylation sites is 1. The fourth-order valence-corrected chi connectivity index (χ4v) is 1.62. The smallest absolute Gasteiger partial charge is 0.328 e. The Hall–Kier alpha value is -3.15. The number of hydrogen-bond donors (Lipinski definition) is 3. The first-order chi connectivity index (χ1) is 10.4. The monoisotopic (exact) mass is 300 g/mol. The highest BCUT2D eigenvalue weighted by Gasteiger charge is 2.04. The molecule has 2 rings (SSSR count). The molecule has 4 N–H and O–H groups in total. The molecule has 0 unspecified atom stereocenters. The minimum Gasteiger partial charge on any atom is -0.478 e. The SMILES string of the molecule is Cc1cccnc1-c1ccccc1N.O=C(O)C=CC(=O)O. The number of aromatic nitrogens is 1. The number of nitrogens with zero attached hydrogens (tertiary/aromatic N) is 1. The Kier molecular flexibility index (Phi) is 6.31. The van der Waals surface area contributed by atoms with Gasteiger partial charge in [-0.2, -0.15) is 0 Å². The Bertz CT molecular complexity index is 637. The second-order valence-electron chi connectivity index (χ2n) is 4.27. The third kappa shape index (κ3) is 5.46. The molecular formula is C16H16N2O4. The number of aliphatic carboxylic acids is 2. The molecule has 114 valence electrons. The molecule has 2 aromatic rings. The average Bonchev–Trinajstić information content (AvgIpc) is 2.47. The van der Waals surface area contributed by atoms with Crippen LogP contribution in [0.25, 0.3) is 11.3 Å². The van der Waals surface area contributed by atoms with E-state index in [1.807, 2.05) is 43.3 Å². The second kappa shape index (κ2) is 8.21. The maximum Gasteiger partial charge on any atom is 0.328 e. The Morgan fingerprint density at radius 3 is 2.14 bits per heavy atom. The van der Waals surface area contributed by atoms with Crippen molar-refractivity contribution in [3.8, 4) is 11.3 Å². The number of carbonyl (C=O) groups is 2. The second-order valence-corrected chi connectivity index (χ2v) is 4.27.